The summed E-state index contributed by atoms with van der Waals surface area (Å²) in [4.78, 5) is 14.2. The van der Waals surface area contributed by atoms with Gasteiger partial charge in [0.1, 0.15) is 5.76 Å². The van der Waals surface area contributed by atoms with Gasteiger partial charge < -0.3 is 14.5 Å². The minimum absolute atomic E-state index is 0.169. The summed E-state index contributed by atoms with van der Waals surface area (Å²) in [5, 5.41) is 3.55. The first kappa shape index (κ1) is 16.1. The molecule has 0 unspecified atom stereocenters. The van der Waals surface area contributed by atoms with Crippen LogP contribution >= 0.6 is 0 Å². The normalized spacial score (nSPS) is 24.7. The first-order valence-electron chi connectivity index (χ1n) is 9.80. The molecule has 1 fully saturated rings. The SMILES string of the molecule is c1coc([C@@H]2NC3=NCN(C[C@H]4CCCO4)CN3c3nc4ccccc4n32)c1. The van der Waals surface area contributed by atoms with Crippen molar-refractivity contribution in [2.45, 2.75) is 25.1 Å². The van der Waals surface area contributed by atoms with Crippen LogP contribution in [0.1, 0.15) is 24.8 Å². The Bertz CT molecular complexity index is 1020. The summed E-state index contributed by atoms with van der Waals surface area (Å²) in [5.74, 6) is 2.57. The van der Waals surface area contributed by atoms with Gasteiger partial charge in [-0.2, -0.15) is 0 Å². The fourth-order valence-electron chi connectivity index (χ4n) is 4.35. The van der Waals surface area contributed by atoms with Crippen molar-refractivity contribution in [3.8, 4) is 0 Å². The van der Waals surface area contributed by atoms with E-state index in [1.54, 1.807) is 6.26 Å². The Morgan fingerprint density at radius 2 is 2.14 bits per heavy atom. The Morgan fingerprint density at radius 1 is 1.18 bits per heavy atom. The number of imidazole rings is 1. The topological polar surface area (TPSA) is 71.1 Å². The molecule has 1 aromatic carbocycles. The second-order valence-corrected chi connectivity index (χ2v) is 7.51. The minimum atomic E-state index is -0.169. The van der Waals surface area contributed by atoms with Crippen LogP contribution in [-0.2, 0) is 4.74 Å². The molecule has 8 heteroatoms. The second-order valence-electron chi connectivity index (χ2n) is 7.51. The van der Waals surface area contributed by atoms with E-state index in [1.807, 2.05) is 30.3 Å². The van der Waals surface area contributed by atoms with Crippen LogP contribution in [0.25, 0.3) is 11.0 Å². The summed E-state index contributed by atoms with van der Waals surface area (Å²) in [6.07, 6.45) is 4.12. The number of ether oxygens (including phenoxy) is 1. The van der Waals surface area contributed by atoms with E-state index in [9.17, 15) is 0 Å². The number of aliphatic imine (C=N–C) groups is 1. The van der Waals surface area contributed by atoms with E-state index < -0.39 is 0 Å². The maximum Gasteiger partial charge on any atom is 0.216 e. The van der Waals surface area contributed by atoms with Gasteiger partial charge in [0.15, 0.2) is 6.17 Å². The van der Waals surface area contributed by atoms with Crippen molar-refractivity contribution in [3.63, 3.8) is 0 Å². The van der Waals surface area contributed by atoms with Gasteiger partial charge in [-0.05, 0) is 37.1 Å². The first-order chi connectivity index (χ1) is 13.9. The van der Waals surface area contributed by atoms with Gasteiger partial charge in [0.2, 0.25) is 11.9 Å². The van der Waals surface area contributed by atoms with Crippen LogP contribution in [0.2, 0.25) is 0 Å². The predicted octanol–water partition coefficient (Wildman–Crippen LogP) is 2.35. The van der Waals surface area contributed by atoms with Crippen LogP contribution in [0.15, 0.2) is 52.1 Å². The quantitative estimate of drug-likeness (QED) is 0.754. The second kappa shape index (κ2) is 6.35. The maximum atomic E-state index is 5.82. The molecule has 0 spiro atoms. The van der Waals surface area contributed by atoms with Crippen molar-refractivity contribution < 1.29 is 9.15 Å². The molecule has 3 aromatic rings. The van der Waals surface area contributed by atoms with E-state index in [1.165, 1.54) is 0 Å². The summed E-state index contributed by atoms with van der Waals surface area (Å²) in [5.41, 5.74) is 2.04. The molecule has 0 aliphatic carbocycles. The molecular weight excluding hydrogens is 356 g/mol. The number of fused-ring (bicyclic) bond motifs is 5. The third kappa shape index (κ3) is 2.52. The van der Waals surface area contributed by atoms with Crippen LogP contribution in [-0.4, -0.2) is 53.0 Å². The summed E-state index contributed by atoms with van der Waals surface area (Å²) in [6.45, 7) is 3.16. The lowest BCUT2D eigenvalue weighted by Crippen LogP contribution is -2.58. The van der Waals surface area contributed by atoms with Gasteiger partial charge >= 0.3 is 0 Å². The smallest absolute Gasteiger partial charge is 0.216 e. The summed E-state index contributed by atoms with van der Waals surface area (Å²) >= 11 is 0. The number of nitrogens with one attached hydrogen (secondary N) is 1. The molecule has 0 radical (unpaired) electrons. The van der Waals surface area contributed by atoms with E-state index in [0.717, 1.165) is 61.4 Å². The Morgan fingerprint density at radius 3 is 3.00 bits per heavy atom. The molecule has 2 atom stereocenters. The molecule has 0 bridgehead atoms. The average molecular weight is 378 g/mol. The summed E-state index contributed by atoms with van der Waals surface area (Å²) < 4.78 is 13.7. The molecule has 3 aliphatic heterocycles. The summed E-state index contributed by atoms with van der Waals surface area (Å²) in [7, 11) is 0. The molecule has 1 saturated heterocycles. The minimum Gasteiger partial charge on any atom is -0.465 e. The van der Waals surface area contributed by atoms with Gasteiger partial charge in [-0.25, -0.2) is 9.98 Å². The highest BCUT2D eigenvalue weighted by atomic mass is 16.5. The lowest BCUT2D eigenvalue weighted by Gasteiger charge is -2.41. The number of anilines is 1. The van der Waals surface area contributed by atoms with E-state index in [2.05, 4.69) is 25.8 Å². The highest BCUT2D eigenvalue weighted by Crippen LogP contribution is 2.34. The molecule has 6 rings (SSSR count). The monoisotopic (exact) mass is 378 g/mol. The molecule has 2 aromatic heterocycles. The van der Waals surface area contributed by atoms with Crippen LogP contribution in [0, 0.1) is 0 Å². The van der Waals surface area contributed by atoms with Gasteiger partial charge in [0, 0.05) is 13.2 Å². The third-order valence-corrected chi connectivity index (χ3v) is 5.66. The number of guanidine groups is 1. The van der Waals surface area contributed by atoms with E-state index in [4.69, 9.17) is 19.1 Å². The number of nitrogens with zero attached hydrogens (tertiary/aromatic N) is 5. The van der Waals surface area contributed by atoms with Crippen LogP contribution < -0.4 is 10.2 Å². The van der Waals surface area contributed by atoms with Gasteiger partial charge in [-0.1, -0.05) is 12.1 Å². The lowest BCUT2D eigenvalue weighted by atomic mass is 10.2. The van der Waals surface area contributed by atoms with Crippen LogP contribution in [0.5, 0.6) is 0 Å². The Labute approximate surface area is 162 Å². The van der Waals surface area contributed by atoms with Gasteiger partial charge in [0.05, 0.1) is 36.7 Å². The zero-order valence-electron chi connectivity index (χ0n) is 15.5. The average Bonchev–Trinajstić information content (AvgIpc) is 3.48. The third-order valence-electron chi connectivity index (χ3n) is 5.66. The number of para-hydroxylation sites is 2. The zero-order valence-corrected chi connectivity index (χ0v) is 15.5. The van der Waals surface area contributed by atoms with Crippen molar-refractivity contribution in [2.24, 2.45) is 4.99 Å². The van der Waals surface area contributed by atoms with Gasteiger partial charge in [0.25, 0.3) is 0 Å². The number of hydrogen-bond acceptors (Lipinski definition) is 7. The van der Waals surface area contributed by atoms with Crippen molar-refractivity contribution >= 4 is 22.9 Å². The first-order valence-corrected chi connectivity index (χ1v) is 9.80. The number of benzene rings is 1. The maximum absolute atomic E-state index is 5.82. The van der Waals surface area contributed by atoms with Gasteiger partial charge in [-0.3, -0.25) is 14.4 Å². The lowest BCUT2D eigenvalue weighted by molar-refractivity contribution is 0.0732. The zero-order chi connectivity index (χ0) is 18.5. The molecular formula is C20H22N6O2. The number of furan rings is 1. The Kier molecular flexibility index (Phi) is 3.66. The highest BCUT2D eigenvalue weighted by Gasteiger charge is 2.37. The molecule has 3 aliphatic rings. The molecule has 0 amide bonds. The van der Waals surface area contributed by atoms with Crippen molar-refractivity contribution in [1.82, 2.24) is 19.8 Å². The Balaban J connectivity index is 1.41. The fraction of sp³-hybridized carbons (Fsp3) is 0.400. The number of hydrogen-bond donors (Lipinski definition) is 1. The van der Waals surface area contributed by atoms with Gasteiger partial charge in [-0.15, -0.1) is 0 Å². The van der Waals surface area contributed by atoms with Crippen LogP contribution in [0.4, 0.5) is 5.95 Å². The molecule has 5 heterocycles. The number of rotatable bonds is 3. The summed E-state index contributed by atoms with van der Waals surface area (Å²) in [6, 6.07) is 12.1. The van der Waals surface area contributed by atoms with Crippen molar-refractivity contribution in [1.29, 1.82) is 0 Å². The molecule has 144 valence electrons. The molecule has 0 saturated carbocycles. The molecule has 1 N–H and O–H groups in total. The van der Waals surface area contributed by atoms with Crippen molar-refractivity contribution in [2.75, 3.05) is 31.4 Å². The standard InChI is InChI=1S/C20H22N6O2/c1-2-7-16-15(6-1)22-20-25-13-24(11-14-5-3-9-27-14)12-21-19(25)23-18(26(16)20)17-8-4-10-28-17/h1-2,4,6-8,10,14,18H,3,5,9,11-13H2,(H,21,23)/t14-,18-/m1/s1. The predicted molar refractivity (Wildman–Crippen MR) is 105 cm³/mol. The molecule has 28 heavy (non-hydrogen) atoms. The molecule has 8 nitrogen and oxygen atoms in total. The largest absolute Gasteiger partial charge is 0.465 e. The Hall–Kier alpha value is -2.84. The van der Waals surface area contributed by atoms with E-state index in [0.29, 0.717) is 12.8 Å². The number of aromatic nitrogens is 2. The van der Waals surface area contributed by atoms with Crippen molar-refractivity contribution in [3.05, 3.63) is 48.4 Å². The van der Waals surface area contributed by atoms with E-state index in [-0.39, 0.29) is 6.17 Å². The van der Waals surface area contributed by atoms with E-state index >= 15 is 0 Å². The fourth-order valence-corrected chi connectivity index (χ4v) is 4.35. The highest BCUT2D eigenvalue weighted by molar-refractivity contribution is 5.98. The van der Waals surface area contributed by atoms with Crippen LogP contribution in [0.3, 0.4) is 0 Å².